The molecule has 0 aliphatic carbocycles. The van der Waals surface area contributed by atoms with E-state index in [0.717, 1.165) is 17.7 Å². The summed E-state index contributed by atoms with van der Waals surface area (Å²) in [5.74, 6) is 2.03. The van der Waals surface area contributed by atoms with E-state index in [0.29, 0.717) is 24.5 Å². The quantitative estimate of drug-likeness (QED) is 0.853. The average Bonchev–Trinajstić information content (AvgIpc) is 3.02. The molecule has 2 rings (SSSR count). The van der Waals surface area contributed by atoms with Crippen molar-refractivity contribution >= 4 is 5.91 Å². The Hall–Kier alpha value is -2.30. The molecule has 0 saturated carbocycles. The molecule has 0 fully saturated rings. The predicted octanol–water partition coefficient (Wildman–Crippen LogP) is 3.20. The molecule has 2 aromatic rings. The van der Waals surface area contributed by atoms with Crippen LogP contribution in [0.2, 0.25) is 0 Å². The standard InChI is InChI=1S/C17H22N2O3/c1-4-12(2)19-16(20)8-9-17-18-11-15(22-17)13-6-5-7-14(10-13)21-3/h5-7,10-12H,4,8-9H2,1-3H3,(H,19,20)/t12-/m1/s1. The van der Waals surface area contributed by atoms with E-state index < -0.39 is 0 Å². The van der Waals surface area contributed by atoms with Crippen molar-refractivity contribution < 1.29 is 13.9 Å². The Morgan fingerprint density at radius 3 is 3.00 bits per heavy atom. The van der Waals surface area contributed by atoms with Gasteiger partial charge in [-0.3, -0.25) is 4.79 Å². The summed E-state index contributed by atoms with van der Waals surface area (Å²) in [4.78, 5) is 16.0. The third kappa shape index (κ3) is 4.35. The van der Waals surface area contributed by atoms with Crippen molar-refractivity contribution in [3.05, 3.63) is 36.4 Å². The Labute approximate surface area is 130 Å². The summed E-state index contributed by atoms with van der Waals surface area (Å²) < 4.78 is 10.9. The molecule has 0 radical (unpaired) electrons. The smallest absolute Gasteiger partial charge is 0.220 e. The summed E-state index contributed by atoms with van der Waals surface area (Å²) in [6, 6.07) is 7.79. The zero-order chi connectivity index (χ0) is 15.9. The summed E-state index contributed by atoms with van der Waals surface area (Å²) in [6.07, 6.45) is 3.47. The van der Waals surface area contributed by atoms with Crippen LogP contribution >= 0.6 is 0 Å². The third-order valence-corrected chi connectivity index (χ3v) is 3.49. The zero-order valence-corrected chi connectivity index (χ0v) is 13.3. The van der Waals surface area contributed by atoms with E-state index in [9.17, 15) is 4.79 Å². The van der Waals surface area contributed by atoms with Crippen LogP contribution in [0, 0.1) is 0 Å². The van der Waals surface area contributed by atoms with Crippen LogP contribution < -0.4 is 10.1 Å². The van der Waals surface area contributed by atoms with Gasteiger partial charge < -0.3 is 14.5 Å². The molecule has 1 aromatic carbocycles. The third-order valence-electron chi connectivity index (χ3n) is 3.49. The minimum atomic E-state index is 0.0236. The van der Waals surface area contributed by atoms with Gasteiger partial charge in [0.2, 0.25) is 5.91 Å². The fourth-order valence-corrected chi connectivity index (χ4v) is 2.01. The lowest BCUT2D eigenvalue weighted by molar-refractivity contribution is -0.121. The average molecular weight is 302 g/mol. The van der Waals surface area contributed by atoms with Gasteiger partial charge >= 0.3 is 0 Å². The van der Waals surface area contributed by atoms with Crippen LogP contribution in [0.3, 0.4) is 0 Å². The van der Waals surface area contributed by atoms with Crippen molar-refractivity contribution in [1.29, 1.82) is 0 Å². The second-order valence-corrected chi connectivity index (χ2v) is 5.23. The van der Waals surface area contributed by atoms with E-state index in [4.69, 9.17) is 9.15 Å². The summed E-state index contributed by atoms with van der Waals surface area (Å²) >= 11 is 0. The van der Waals surface area contributed by atoms with Crippen LogP contribution in [-0.2, 0) is 11.2 Å². The second kappa shape index (κ2) is 7.64. The minimum absolute atomic E-state index is 0.0236. The van der Waals surface area contributed by atoms with Crippen molar-refractivity contribution in [2.24, 2.45) is 0 Å². The predicted molar refractivity (Wildman–Crippen MR) is 84.7 cm³/mol. The van der Waals surface area contributed by atoms with Crippen LogP contribution in [-0.4, -0.2) is 24.0 Å². The van der Waals surface area contributed by atoms with Crippen LogP contribution in [0.1, 0.15) is 32.6 Å². The summed E-state index contributed by atoms with van der Waals surface area (Å²) in [7, 11) is 1.63. The van der Waals surface area contributed by atoms with E-state index in [2.05, 4.69) is 10.3 Å². The number of amides is 1. The number of benzene rings is 1. The van der Waals surface area contributed by atoms with Gasteiger partial charge in [-0.2, -0.15) is 0 Å². The largest absolute Gasteiger partial charge is 0.497 e. The summed E-state index contributed by atoms with van der Waals surface area (Å²) in [6.45, 7) is 4.03. The lowest BCUT2D eigenvalue weighted by Crippen LogP contribution is -2.32. The maximum absolute atomic E-state index is 11.7. The van der Waals surface area contributed by atoms with Crippen LogP contribution in [0.4, 0.5) is 0 Å². The van der Waals surface area contributed by atoms with Crippen molar-refractivity contribution in [2.75, 3.05) is 7.11 Å². The fraction of sp³-hybridized carbons (Fsp3) is 0.412. The second-order valence-electron chi connectivity index (χ2n) is 5.23. The van der Waals surface area contributed by atoms with Crippen LogP contribution in [0.5, 0.6) is 5.75 Å². The van der Waals surface area contributed by atoms with Crippen molar-refractivity contribution in [3.63, 3.8) is 0 Å². The number of aryl methyl sites for hydroxylation is 1. The lowest BCUT2D eigenvalue weighted by Gasteiger charge is -2.10. The van der Waals surface area contributed by atoms with Gasteiger partial charge in [0.05, 0.1) is 13.3 Å². The Morgan fingerprint density at radius 1 is 1.45 bits per heavy atom. The van der Waals surface area contributed by atoms with Crippen molar-refractivity contribution in [3.8, 4) is 17.1 Å². The van der Waals surface area contributed by atoms with Gasteiger partial charge in [-0.15, -0.1) is 0 Å². The molecule has 5 nitrogen and oxygen atoms in total. The van der Waals surface area contributed by atoms with Gasteiger partial charge in [-0.05, 0) is 25.5 Å². The molecular formula is C17H22N2O3. The molecule has 1 aromatic heterocycles. The Bertz CT molecular complexity index is 622. The number of hydrogen-bond donors (Lipinski definition) is 1. The number of oxazole rings is 1. The van der Waals surface area contributed by atoms with Gasteiger partial charge in [0.15, 0.2) is 11.7 Å². The molecule has 22 heavy (non-hydrogen) atoms. The molecule has 0 bridgehead atoms. The molecule has 5 heteroatoms. The molecule has 1 amide bonds. The summed E-state index contributed by atoms with van der Waals surface area (Å²) in [5.41, 5.74) is 0.905. The van der Waals surface area contributed by atoms with E-state index in [-0.39, 0.29) is 11.9 Å². The van der Waals surface area contributed by atoms with Gasteiger partial charge in [0.1, 0.15) is 5.75 Å². The molecule has 0 saturated heterocycles. The molecule has 0 unspecified atom stereocenters. The van der Waals surface area contributed by atoms with E-state index in [1.54, 1.807) is 13.3 Å². The maximum Gasteiger partial charge on any atom is 0.220 e. The molecule has 1 N–H and O–H groups in total. The minimum Gasteiger partial charge on any atom is -0.497 e. The normalized spacial score (nSPS) is 12.0. The van der Waals surface area contributed by atoms with E-state index in [1.165, 1.54) is 0 Å². The van der Waals surface area contributed by atoms with Gasteiger partial charge in [-0.1, -0.05) is 19.1 Å². The number of hydrogen-bond acceptors (Lipinski definition) is 4. The highest BCUT2D eigenvalue weighted by Crippen LogP contribution is 2.24. The molecule has 1 atom stereocenters. The number of nitrogens with one attached hydrogen (secondary N) is 1. The van der Waals surface area contributed by atoms with Crippen LogP contribution in [0.15, 0.2) is 34.9 Å². The lowest BCUT2D eigenvalue weighted by atomic mass is 10.2. The Morgan fingerprint density at radius 2 is 2.27 bits per heavy atom. The first-order valence-electron chi connectivity index (χ1n) is 7.51. The Kier molecular flexibility index (Phi) is 5.58. The first-order valence-corrected chi connectivity index (χ1v) is 7.51. The highest BCUT2D eigenvalue weighted by Gasteiger charge is 2.10. The number of carbonyl (C=O) groups is 1. The van der Waals surface area contributed by atoms with Gasteiger partial charge in [0.25, 0.3) is 0 Å². The van der Waals surface area contributed by atoms with Gasteiger partial charge in [0, 0.05) is 24.4 Å². The molecule has 118 valence electrons. The monoisotopic (exact) mass is 302 g/mol. The highest BCUT2D eigenvalue weighted by molar-refractivity contribution is 5.76. The zero-order valence-electron chi connectivity index (χ0n) is 13.3. The Balaban J connectivity index is 1.95. The molecule has 0 spiro atoms. The number of rotatable bonds is 7. The molecule has 1 heterocycles. The van der Waals surface area contributed by atoms with E-state index in [1.807, 2.05) is 38.1 Å². The first-order chi connectivity index (χ1) is 10.6. The molecule has 0 aliphatic rings. The number of carbonyl (C=O) groups excluding carboxylic acids is 1. The topological polar surface area (TPSA) is 64.4 Å². The number of methoxy groups -OCH3 is 1. The van der Waals surface area contributed by atoms with Gasteiger partial charge in [-0.25, -0.2) is 4.98 Å². The number of nitrogens with zero attached hydrogens (tertiary/aromatic N) is 1. The highest BCUT2D eigenvalue weighted by atomic mass is 16.5. The number of ether oxygens (including phenoxy) is 1. The van der Waals surface area contributed by atoms with Crippen LogP contribution in [0.25, 0.3) is 11.3 Å². The SMILES string of the molecule is CC[C@@H](C)NC(=O)CCc1ncc(-c2cccc(OC)c2)o1. The summed E-state index contributed by atoms with van der Waals surface area (Å²) in [5, 5.41) is 2.93. The van der Waals surface area contributed by atoms with E-state index >= 15 is 0 Å². The molecule has 0 aliphatic heterocycles. The first kappa shape index (κ1) is 16.1. The maximum atomic E-state index is 11.7. The van der Waals surface area contributed by atoms with Crippen molar-refractivity contribution in [2.45, 2.75) is 39.2 Å². The number of aromatic nitrogens is 1. The fourth-order valence-electron chi connectivity index (χ4n) is 2.01. The molecular weight excluding hydrogens is 280 g/mol. The van der Waals surface area contributed by atoms with Crippen molar-refractivity contribution in [1.82, 2.24) is 10.3 Å².